The normalized spacial score (nSPS) is 13.2. The van der Waals surface area contributed by atoms with E-state index in [4.69, 9.17) is 16.0 Å². The zero-order chi connectivity index (χ0) is 22.6. The smallest absolute Gasteiger partial charge is 0.259 e. The van der Waals surface area contributed by atoms with Gasteiger partial charge in [-0.15, -0.1) is 11.3 Å². The molecule has 3 aromatic heterocycles. The van der Waals surface area contributed by atoms with E-state index >= 15 is 0 Å². The van der Waals surface area contributed by atoms with Crippen LogP contribution in [0.5, 0.6) is 0 Å². The van der Waals surface area contributed by atoms with Crippen LogP contribution >= 0.6 is 34.7 Å². The van der Waals surface area contributed by atoms with Gasteiger partial charge in [0.25, 0.3) is 5.91 Å². The molecule has 0 unspecified atom stereocenters. The zero-order valence-electron chi connectivity index (χ0n) is 17.5. The molecule has 0 aliphatic heterocycles. The van der Waals surface area contributed by atoms with Gasteiger partial charge in [0.1, 0.15) is 10.8 Å². The lowest BCUT2D eigenvalue weighted by Crippen LogP contribution is -2.14. The van der Waals surface area contributed by atoms with Crippen molar-refractivity contribution in [3.8, 4) is 0 Å². The molecule has 1 aliphatic rings. The molecule has 0 fully saturated rings. The maximum atomic E-state index is 13.2. The van der Waals surface area contributed by atoms with E-state index in [1.54, 1.807) is 60.3 Å². The summed E-state index contributed by atoms with van der Waals surface area (Å²) in [6.07, 6.45) is 9.13. The molecule has 3 heterocycles. The minimum atomic E-state index is -0.152. The van der Waals surface area contributed by atoms with Crippen molar-refractivity contribution in [1.82, 2.24) is 9.97 Å². The molecule has 0 bridgehead atoms. The Morgan fingerprint density at radius 2 is 1.91 bits per heavy atom. The van der Waals surface area contributed by atoms with Crippen LogP contribution in [-0.2, 0) is 12.8 Å². The Labute approximate surface area is 204 Å². The van der Waals surface area contributed by atoms with Gasteiger partial charge < -0.3 is 9.73 Å². The van der Waals surface area contributed by atoms with Crippen molar-refractivity contribution in [1.29, 1.82) is 0 Å². The second-order valence-electron chi connectivity index (χ2n) is 7.40. The van der Waals surface area contributed by atoms with Crippen LogP contribution in [0.4, 0.5) is 10.7 Å². The number of aryl methyl sites for hydroxylation is 1. The second kappa shape index (κ2) is 9.91. The topological polar surface area (TPSA) is 80.4 Å². The Morgan fingerprint density at radius 3 is 2.73 bits per heavy atom. The third kappa shape index (κ3) is 5.19. The van der Waals surface area contributed by atoms with Crippen molar-refractivity contribution in [2.45, 2.75) is 35.9 Å². The molecule has 0 saturated carbocycles. The molecule has 33 heavy (non-hydrogen) atoms. The molecular weight excluding hydrogens is 476 g/mol. The summed E-state index contributed by atoms with van der Waals surface area (Å²) in [7, 11) is 0. The number of hydrogen-bond donors (Lipinski definition) is 1. The van der Waals surface area contributed by atoms with Crippen LogP contribution in [-0.4, -0.2) is 22.1 Å². The third-order valence-corrected chi connectivity index (χ3v) is 7.39. The molecule has 0 spiro atoms. The Morgan fingerprint density at radius 1 is 1.12 bits per heavy atom. The summed E-state index contributed by atoms with van der Waals surface area (Å²) in [5.41, 5.74) is 2.47. The summed E-state index contributed by atoms with van der Waals surface area (Å²) in [6, 6.07) is 12.6. The molecule has 0 saturated heterocycles. The van der Waals surface area contributed by atoms with Crippen LogP contribution in [0.25, 0.3) is 0 Å². The number of aliphatic imine (C=N–C) groups is 1. The van der Waals surface area contributed by atoms with Crippen molar-refractivity contribution >= 4 is 57.5 Å². The summed E-state index contributed by atoms with van der Waals surface area (Å²) >= 11 is 8.89. The van der Waals surface area contributed by atoms with E-state index in [1.807, 2.05) is 12.1 Å². The number of anilines is 1. The summed E-state index contributed by atoms with van der Waals surface area (Å²) in [4.78, 5) is 27.5. The van der Waals surface area contributed by atoms with Crippen LogP contribution in [0.1, 0.15) is 39.4 Å². The lowest BCUT2D eigenvalue weighted by atomic mass is 9.95. The quantitative estimate of drug-likeness (QED) is 0.235. The first kappa shape index (κ1) is 21.9. The Bertz CT molecular complexity index is 1300. The van der Waals surface area contributed by atoms with Crippen molar-refractivity contribution in [2.75, 3.05) is 5.32 Å². The van der Waals surface area contributed by atoms with Gasteiger partial charge in [-0.05, 0) is 85.5 Å². The summed E-state index contributed by atoms with van der Waals surface area (Å²) < 4.78 is 5.84. The standard InChI is InChI=1S/C24H19ClN4O2S2/c25-15-6-8-16(9-7-15)29-22(30)21-18-4-1-2-5-19(18)32-23(21)28-14-17-10-11-20(31-17)33-24-26-12-3-13-27-24/h3,6-14H,1-2,4-5H2,(H,29,30). The highest BCUT2D eigenvalue weighted by atomic mass is 35.5. The number of benzene rings is 1. The molecule has 0 atom stereocenters. The first-order valence-corrected chi connectivity index (χ1v) is 12.5. The molecule has 1 amide bonds. The van der Waals surface area contributed by atoms with E-state index in [1.165, 1.54) is 16.6 Å². The number of carbonyl (C=O) groups is 1. The average Bonchev–Trinajstić information content (AvgIpc) is 3.43. The number of fused-ring (bicyclic) bond motifs is 1. The predicted molar refractivity (Wildman–Crippen MR) is 132 cm³/mol. The summed E-state index contributed by atoms with van der Waals surface area (Å²) in [5.74, 6) is 0.449. The lowest BCUT2D eigenvalue weighted by molar-refractivity contribution is 0.102. The highest BCUT2D eigenvalue weighted by Crippen LogP contribution is 2.40. The number of thiophene rings is 1. The molecule has 166 valence electrons. The van der Waals surface area contributed by atoms with Crippen LogP contribution in [0.3, 0.4) is 0 Å². The van der Waals surface area contributed by atoms with Gasteiger partial charge in [-0.2, -0.15) is 0 Å². The largest absolute Gasteiger partial charge is 0.448 e. The van der Waals surface area contributed by atoms with Crippen LogP contribution in [0.15, 0.2) is 74.5 Å². The summed E-state index contributed by atoms with van der Waals surface area (Å²) in [6.45, 7) is 0. The van der Waals surface area contributed by atoms with Gasteiger partial charge in [-0.1, -0.05) is 11.6 Å². The van der Waals surface area contributed by atoms with Crippen molar-refractivity contribution in [3.05, 3.63) is 81.6 Å². The molecule has 1 N–H and O–H groups in total. The van der Waals surface area contributed by atoms with Gasteiger partial charge in [-0.3, -0.25) is 4.79 Å². The Kier molecular flexibility index (Phi) is 6.57. The van der Waals surface area contributed by atoms with Gasteiger partial charge in [0.2, 0.25) is 0 Å². The monoisotopic (exact) mass is 494 g/mol. The SMILES string of the molecule is O=C(Nc1ccc(Cl)cc1)c1c(N=Cc2ccc(Sc3ncccn3)o2)sc2c1CCCC2. The Hall–Kier alpha value is -2.94. The number of carbonyl (C=O) groups excluding carboxylic acids is 1. The number of amides is 1. The minimum absolute atomic E-state index is 0.152. The number of nitrogens with zero attached hydrogens (tertiary/aromatic N) is 3. The minimum Gasteiger partial charge on any atom is -0.448 e. The van der Waals surface area contributed by atoms with Gasteiger partial charge in [-0.25, -0.2) is 15.0 Å². The third-order valence-electron chi connectivity index (χ3n) is 5.13. The maximum Gasteiger partial charge on any atom is 0.259 e. The fourth-order valence-electron chi connectivity index (χ4n) is 3.61. The maximum absolute atomic E-state index is 13.2. The molecular formula is C24H19ClN4O2S2. The van der Waals surface area contributed by atoms with E-state index < -0.39 is 0 Å². The van der Waals surface area contributed by atoms with E-state index in [0.717, 1.165) is 31.2 Å². The van der Waals surface area contributed by atoms with Crippen molar-refractivity contribution in [2.24, 2.45) is 4.99 Å². The number of halogens is 1. The Balaban J connectivity index is 1.39. The van der Waals surface area contributed by atoms with Gasteiger partial charge in [0, 0.05) is 28.0 Å². The molecule has 5 rings (SSSR count). The van der Waals surface area contributed by atoms with Gasteiger partial charge in [0.15, 0.2) is 10.2 Å². The molecule has 0 radical (unpaired) electrons. The van der Waals surface area contributed by atoms with E-state index in [2.05, 4.69) is 20.3 Å². The highest BCUT2D eigenvalue weighted by molar-refractivity contribution is 7.99. The fourth-order valence-corrected chi connectivity index (χ4v) is 5.65. The second-order valence-corrected chi connectivity index (χ2v) is 9.89. The number of aromatic nitrogens is 2. The van der Waals surface area contributed by atoms with E-state index in [9.17, 15) is 4.79 Å². The van der Waals surface area contributed by atoms with Crippen LogP contribution in [0.2, 0.25) is 5.02 Å². The van der Waals surface area contributed by atoms with Crippen LogP contribution < -0.4 is 5.32 Å². The first-order chi connectivity index (χ1) is 16.2. The van der Waals surface area contributed by atoms with Gasteiger partial charge >= 0.3 is 0 Å². The number of rotatable bonds is 6. The van der Waals surface area contributed by atoms with Gasteiger partial charge in [0.05, 0.1) is 11.8 Å². The highest BCUT2D eigenvalue weighted by Gasteiger charge is 2.25. The molecule has 6 nitrogen and oxygen atoms in total. The summed E-state index contributed by atoms with van der Waals surface area (Å²) in [5, 5.41) is 5.60. The average molecular weight is 495 g/mol. The zero-order valence-corrected chi connectivity index (χ0v) is 19.8. The van der Waals surface area contributed by atoms with E-state index in [-0.39, 0.29) is 5.91 Å². The molecule has 4 aromatic rings. The predicted octanol–water partition coefficient (Wildman–Crippen LogP) is 6.82. The van der Waals surface area contributed by atoms with Crippen molar-refractivity contribution < 1.29 is 9.21 Å². The number of furan rings is 1. The fraction of sp³-hybridized carbons (Fsp3) is 0.167. The molecule has 9 heteroatoms. The molecule has 1 aromatic carbocycles. The number of nitrogens with one attached hydrogen (secondary N) is 1. The lowest BCUT2D eigenvalue weighted by Gasteiger charge is -2.12. The molecule has 1 aliphatic carbocycles. The van der Waals surface area contributed by atoms with Crippen molar-refractivity contribution in [3.63, 3.8) is 0 Å². The van der Waals surface area contributed by atoms with E-state index in [0.29, 0.717) is 37.3 Å². The van der Waals surface area contributed by atoms with Crippen LogP contribution in [0, 0.1) is 0 Å². The number of hydrogen-bond acceptors (Lipinski definition) is 7. The first-order valence-electron chi connectivity index (χ1n) is 10.5.